The molecule has 30 heavy (non-hydrogen) atoms. The number of amides is 1. The zero-order valence-electron chi connectivity index (χ0n) is 16.3. The zero-order chi connectivity index (χ0) is 20.8. The molecule has 1 aliphatic rings. The highest BCUT2D eigenvalue weighted by Crippen LogP contribution is 2.22. The van der Waals surface area contributed by atoms with Gasteiger partial charge in [0.05, 0.1) is 11.4 Å². The highest BCUT2D eigenvalue weighted by atomic mass is 16.4. The second-order valence-electron chi connectivity index (χ2n) is 6.90. The van der Waals surface area contributed by atoms with E-state index < -0.39 is 6.09 Å². The second kappa shape index (κ2) is 9.04. The monoisotopic (exact) mass is 402 g/mol. The molecule has 0 unspecified atom stereocenters. The number of nitrogens with one attached hydrogen (secondary N) is 2. The summed E-state index contributed by atoms with van der Waals surface area (Å²) in [5, 5.41) is 18.5. The van der Waals surface area contributed by atoms with Crippen molar-refractivity contribution in [3.8, 4) is 11.3 Å². The number of pyridine rings is 2. The van der Waals surface area contributed by atoms with E-state index in [4.69, 9.17) is 5.11 Å². The largest absolute Gasteiger partial charge is 0.465 e. The average molecular weight is 402 g/mol. The minimum Gasteiger partial charge on any atom is -0.465 e. The average Bonchev–Trinajstić information content (AvgIpc) is 3.59. The summed E-state index contributed by atoms with van der Waals surface area (Å²) in [5.74, 6) is 0.0484. The molecule has 0 spiro atoms. The SMILES string of the molecule is C1CC1.O=C(O)Nc1nc2cccc(-c3ccc(CNc4cccnc4)cc3)n2n1. The van der Waals surface area contributed by atoms with Gasteiger partial charge in [-0.25, -0.2) is 9.31 Å². The van der Waals surface area contributed by atoms with Crippen LogP contribution in [0.25, 0.3) is 16.9 Å². The summed E-state index contributed by atoms with van der Waals surface area (Å²) in [6.45, 7) is 0.687. The van der Waals surface area contributed by atoms with Crippen LogP contribution in [0.5, 0.6) is 0 Å². The lowest BCUT2D eigenvalue weighted by Gasteiger charge is -2.08. The maximum Gasteiger partial charge on any atom is 0.411 e. The van der Waals surface area contributed by atoms with E-state index >= 15 is 0 Å². The van der Waals surface area contributed by atoms with Gasteiger partial charge in [-0.2, -0.15) is 4.98 Å². The van der Waals surface area contributed by atoms with Crippen molar-refractivity contribution in [1.82, 2.24) is 19.6 Å². The first kappa shape index (κ1) is 19.4. The van der Waals surface area contributed by atoms with E-state index in [1.54, 1.807) is 23.0 Å². The predicted molar refractivity (Wildman–Crippen MR) is 115 cm³/mol. The van der Waals surface area contributed by atoms with Crippen molar-refractivity contribution >= 4 is 23.4 Å². The number of hydrogen-bond donors (Lipinski definition) is 3. The van der Waals surface area contributed by atoms with Crippen molar-refractivity contribution in [3.63, 3.8) is 0 Å². The molecule has 3 N–H and O–H groups in total. The van der Waals surface area contributed by atoms with Crippen LogP contribution in [0.15, 0.2) is 67.0 Å². The van der Waals surface area contributed by atoms with Crippen LogP contribution < -0.4 is 10.6 Å². The molecule has 0 atom stereocenters. The minimum atomic E-state index is -1.20. The summed E-state index contributed by atoms with van der Waals surface area (Å²) in [7, 11) is 0. The Morgan fingerprint density at radius 1 is 1.03 bits per heavy atom. The van der Waals surface area contributed by atoms with Crippen molar-refractivity contribution in [2.24, 2.45) is 0 Å². The normalized spacial score (nSPS) is 12.0. The van der Waals surface area contributed by atoms with Crippen LogP contribution in [0.1, 0.15) is 24.8 Å². The van der Waals surface area contributed by atoms with Gasteiger partial charge in [0.15, 0.2) is 5.65 Å². The van der Waals surface area contributed by atoms with E-state index in [1.807, 2.05) is 48.5 Å². The lowest BCUT2D eigenvalue weighted by atomic mass is 10.1. The first-order chi connectivity index (χ1) is 14.7. The summed E-state index contributed by atoms with van der Waals surface area (Å²) < 4.78 is 1.62. The number of aromatic nitrogens is 4. The van der Waals surface area contributed by atoms with E-state index in [9.17, 15) is 4.79 Å². The van der Waals surface area contributed by atoms with Gasteiger partial charge < -0.3 is 10.4 Å². The minimum absolute atomic E-state index is 0.0484. The number of anilines is 2. The Morgan fingerprint density at radius 3 is 2.50 bits per heavy atom. The number of fused-ring (bicyclic) bond motifs is 1. The van der Waals surface area contributed by atoms with E-state index in [0.29, 0.717) is 12.2 Å². The Kier molecular flexibility index (Phi) is 5.84. The summed E-state index contributed by atoms with van der Waals surface area (Å²) in [6, 6.07) is 17.5. The van der Waals surface area contributed by atoms with Crippen molar-refractivity contribution in [2.75, 3.05) is 10.6 Å². The van der Waals surface area contributed by atoms with Crippen LogP contribution in [0, 0.1) is 0 Å². The van der Waals surface area contributed by atoms with Gasteiger partial charge in [-0.05, 0) is 29.8 Å². The van der Waals surface area contributed by atoms with Crippen LogP contribution in [-0.4, -0.2) is 30.8 Å². The zero-order valence-corrected chi connectivity index (χ0v) is 16.3. The molecule has 3 heterocycles. The fourth-order valence-electron chi connectivity index (χ4n) is 2.74. The Hall–Kier alpha value is -3.94. The van der Waals surface area contributed by atoms with Crippen molar-refractivity contribution in [2.45, 2.75) is 25.8 Å². The van der Waals surface area contributed by atoms with Crippen LogP contribution in [0.4, 0.5) is 16.4 Å². The third-order valence-corrected chi connectivity index (χ3v) is 4.34. The van der Waals surface area contributed by atoms with E-state index in [1.165, 1.54) is 19.3 Å². The van der Waals surface area contributed by atoms with E-state index in [2.05, 4.69) is 25.7 Å². The third-order valence-electron chi connectivity index (χ3n) is 4.34. The number of carboxylic acid groups (broad SMARTS) is 1. The quantitative estimate of drug-likeness (QED) is 0.448. The van der Waals surface area contributed by atoms with Crippen LogP contribution in [0.3, 0.4) is 0 Å². The molecule has 0 bridgehead atoms. The smallest absolute Gasteiger partial charge is 0.411 e. The highest BCUT2D eigenvalue weighted by Gasteiger charge is 2.10. The molecule has 4 aromatic rings. The molecule has 1 saturated carbocycles. The van der Waals surface area contributed by atoms with Crippen molar-refractivity contribution < 1.29 is 9.90 Å². The molecule has 1 aliphatic carbocycles. The first-order valence-electron chi connectivity index (χ1n) is 9.78. The maximum absolute atomic E-state index is 10.8. The Bertz CT molecular complexity index is 1120. The number of rotatable bonds is 5. The molecule has 8 nitrogen and oxygen atoms in total. The van der Waals surface area contributed by atoms with Crippen LogP contribution in [0.2, 0.25) is 0 Å². The molecule has 5 rings (SSSR count). The van der Waals surface area contributed by atoms with Crippen LogP contribution in [-0.2, 0) is 6.54 Å². The number of carbonyl (C=O) groups is 1. The second-order valence-corrected chi connectivity index (χ2v) is 6.90. The Labute approximate surface area is 173 Å². The molecule has 0 aliphatic heterocycles. The highest BCUT2D eigenvalue weighted by molar-refractivity contribution is 5.80. The number of benzene rings is 1. The molecular formula is C22H22N6O2. The summed E-state index contributed by atoms with van der Waals surface area (Å²) in [5.41, 5.74) is 4.44. The first-order valence-corrected chi connectivity index (χ1v) is 9.78. The van der Waals surface area contributed by atoms with Gasteiger partial charge in [-0.3, -0.25) is 10.3 Å². The summed E-state index contributed by atoms with van der Waals surface area (Å²) in [6.07, 6.45) is 6.82. The lowest BCUT2D eigenvalue weighted by molar-refractivity contribution is 0.209. The van der Waals surface area contributed by atoms with Gasteiger partial charge in [0.1, 0.15) is 0 Å². The standard InChI is InChI=1S/C19H16N6O2.C3H6/c26-19(27)23-18-22-17-5-1-4-16(25(17)24-18)14-8-6-13(7-9-14)11-21-15-3-2-10-20-12-15;1-2-3-1/h1-10,12,21H,11H2,(H,23,24)(H,26,27);1-3H2. The van der Waals surface area contributed by atoms with Gasteiger partial charge >= 0.3 is 6.09 Å². The van der Waals surface area contributed by atoms with Gasteiger partial charge in [0.25, 0.3) is 5.95 Å². The fourth-order valence-corrected chi connectivity index (χ4v) is 2.74. The van der Waals surface area contributed by atoms with E-state index in [-0.39, 0.29) is 5.95 Å². The van der Waals surface area contributed by atoms with E-state index in [0.717, 1.165) is 22.5 Å². The molecule has 0 radical (unpaired) electrons. The Morgan fingerprint density at radius 2 is 1.83 bits per heavy atom. The molecule has 8 heteroatoms. The predicted octanol–water partition coefficient (Wildman–Crippen LogP) is 4.66. The lowest BCUT2D eigenvalue weighted by Crippen LogP contribution is -2.08. The molecule has 1 fully saturated rings. The molecule has 1 aromatic carbocycles. The topological polar surface area (TPSA) is 104 Å². The van der Waals surface area contributed by atoms with Crippen molar-refractivity contribution in [1.29, 1.82) is 0 Å². The summed E-state index contributed by atoms with van der Waals surface area (Å²) in [4.78, 5) is 19.0. The molecule has 1 amide bonds. The number of nitrogens with zero attached hydrogens (tertiary/aromatic N) is 4. The maximum atomic E-state index is 10.8. The van der Waals surface area contributed by atoms with Crippen LogP contribution >= 0.6 is 0 Å². The molecule has 3 aromatic heterocycles. The van der Waals surface area contributed by atoms with Gasteiger partial charge in [0, 0.05) is 24.5 Å². The number of hydrogen-bond acceptors (Lipinski definition) is 5. The molecule has 152 valence electrons. The third kappa shape index (κ3) is 5.11. The van der Waals surface area contributed by atoms with Gasteiger partial charge in [-0.15, -0.1) is 5.10 Å². The Balaban J connectivity index is 0.000000667. The van der Waals surface area contributed by atoms with Crippen molar-refractivity contribution in [3.05, 3.63) is 72.6 Å². The summed E-state index contributed by atoms with van der Waals surface area (Å²) >= 11 is 0. The fraction of sp³-hybridized carbons (Fsp3) is 0.182. The molecule has 0 saturated heterocycles. The van der Waals surface area contributed by atoms with Gasteiger partial charge in [0.2, 0.25) is 0 Å². The van der Waals surface area contributed by atoms with Gasteiger partial charge in [-0.1, -0.05) is 49.6 Å². The molecular weight excluding hydrogens is 380 g/mol.